The van der Waals surface area contributed by atoms with Crippen molar-refractivity contribution in [2.45, 2.75) is 25.2 Å². The van der Waals surface area contributed by atoms with E-state index in [1.807, 2.05) is 12.1 Å². The number of Topliss-reactive ketones (excluding diaryl/α,β-unsaturated/α-hetero) is 1. The summed E-state index contributed by atoms with van der Waals surface area (Å²) in [6.07, 6.45) is 9.75. The highest BCUT2D eigenvalue weighted by molar-refractivity contribution is 5.96. The molecule has 1 fully saturated rings. The third kappa shape index (κ3) is 4.11. The summed E-state index contributed by atoms with van der Waals surface area (Å²) in [6.45, 7) is -0.364. The van der Waals surface area contributed by atoms with Crippen molar-refractivity contribution >= 4 is 16.6 Å². The van der Waals surface area contributed by atoms with E-state index < -0.39 is 6.98 Å². The zero-order valence-electron chi connectivity index (χ0n) is 20.2. The number of aryl methyl sites for hydroxylation is 1. The minimum atomic E-state index is -2.35. The lowest BCUT2D eigenvalue weighted by Gasteiger charge is -2.26. The van der Waals surface area contributed by atoms with Crippen molar-refractivity contribution in [3.8, 4) is 11.3 Å². The molecule has 0 amide bonds. The molecule has 0 aliphatic carbocycles. The fourth-order valence-electron chi connectivity index (χ4n) is 3.91. The van der Waals surface area contributed by atoms with Crippen LogP contribution < -0.4 is 0 Å². The van der Waals surface area contributed by atoms with Crippen molar-refractivity contribution < 1.29 is 13.3 Å². The number of fused-ring (bicyclic) bond motifs is 1. The molecule has 8 heteroatoms. The molecule has 0 aromatic carbocycles. The summed E-state index contributed by atoms with van der Waals surface area (Å²) in [4.78, 5) is 28.4. The molecule has 0 unspecified atom stereocenters. The number of piperidine rings is 1. The third-order valence-electron chi connectivity index (χ3n) is 5.76. The molecular formula is C23H24N6O2. The molecule has 5 heterocycles. The monoisotopic (exact) mass is 419 g/mol. The second kappa shape index (κ2) is 8.03. The summed E-state index contributed by atoms with van der Waals surface area (Å²) in [5, 5.41) is 5.57. The molecule has 1 saturated heterocycles. The van der Waals surface area contributed by atoms with Gasteiger partial charge in [-0.25, -0.2) is 4.98 Å². The molecule has 0 radical (unpaired) electrons. The van der Waals surface area contributed by atoms with Gasteiger partial charge in [0.25, 0.3) is 0 Å². The van der Waals surface area contributed by atoms with Crippen molar-refractivity contribution in [1.29, 1.82) is 0 Å². The highest BCUT2D eigenvalue weighted by Gasteiger charge is 2.24. The van der Waals surface area contributed by atoms with Gasteiger partial charge in [0.1, 0.15) is 12.0 Å². The van der Waals surface area contributed by atoms with Gasteiger partial charge in [-0.15, -0.1) is 0 Å². The van der Waals surface area contributed by atoms with E-state index in [0.717, 1.165) is 41.4 Å². The molecule has 0 bridgehead atoms. The summed E-state index contributed by atoms with van der Waals surface area (Å²) in [5.41, 5.74) is 2.11. The third-order valence-corrected chi connectivity index (χ3v) is 5.76. The van der Waals surface area contributed by atoms with E-state index in [1.165, 1.54) is 18.7 Å². The number of carbonyl (C=O) groups excluding carboxylic acids is 1. The summed E-state index contributed by atoms with van der Waals surface area (Å²) in [6, 6.07) is 3.67. The molecule has 1 aliphatic heterocycles. The maximum atomic E-state index is 12.8. The SMILES string of the molecule is [2H]C([2H])([2H])n1cc(-c2cc3cc(CC(=O)c4coc(C5CCN(C)CC5)n4)ncc3cn2)cn1. The maximum absolute atomic E-state index is 12.8. The highest BCUT2D eigenvalue weighted by Crippen LogP contribution is 2.27. The number of carbonyl (C=O) groups is 1. The lowest BCUT2D eigenvalue weighted by Crippen LogP contribution is -2.29. The van der Waals surface area contributed by atoms with Crippen molar-refractivity contribution in [3.05, 3.63) is 60.5 Å². The number of hydrogen-bond donors (Lipinski definition) is 0. The predicted octanol–water partition coefficient (Wildman–Crippen LogP) is 3.25. The Labute approximate surface area is 184 Å². The van der Waals surface area contributed by atoms with Crippen LogP contribution in [0.15, 0.2) is 47.6 Å². The van der Waals surface area contributed by atoms with Crippen LogP contribution in [-0.4, -0.2) is 55.6 Å². The first-order valence-corrected chi connectivity index (χ1v) is 10.2. The molecule has 5 rings (SSSR count). The molecule has 8 nitrogen and oxygen atoms in total. The van der Waals surface area contributed by atoms with Gasteiger partial charge in [-0.05, 0) is 50.5 Å². The number of oxazole rings is 1. The van der Waals surface area contributed by atoms with Gasteiger partial charge in [0.2, 0.25) is 0 Å². The van der Waals surface area contributed by atoms with Crippen LogP contribution in [0.1, 0.15) is 44.9 Å². The number of pyridine rings is 2. The first-order valence-electron chi connectivity index (χ1n) is 11.7. The number of rotatable bonds is 5. The molecule has 4 aromatic heterocycles. The Hall–Kier alpha value is -3.39. The quantitative estimate of drug-likeness (QED) is 0.459. The molecule has 1 aliphatic rings. The molecule has 0 spiro atoms. The molecule has 0 atom stereocenters. The fraction of sp³-hybridized carbons (Fsp3) is 0.348. The minimum absolute atomic E-state index is 0.101. The second-order valence-corrected chi connectivity index (χ2v) is 8.01. The number of ketones is 1. The zero-order chi connectivity index (χ0) is 23.9. The number of hydrogen-bond acceptors (Lipinski definition) is 7. The molecular weight excluding hydrogens is 392 g/mol. The van der Waals surface area contributed by atoms with Gasteiger partial charge in [-0.2, -0.15) is 5.10 Å². The summed E-state index contributed by atoms with van der Waals surface area (Å²) in [5.74, 6) is 0.733. The Kier molecular flexibility index (Phi) is 4.23. The van der Waals surface area contributed by atoms with Crippen LogP contribution in [0.3, 0.4) is 0 Å². The van der Waals surface area contributed by atoms with E-state index >= 15 is 0 Å². The van der Waals surface area contributed by atoms with Gasteiger partial charge in [-0.1, -0.05) is 0 Å². The van der Waals surface area contributed by atoms with Crippen molar-refractivity contribution in [1.82, 2.24) is 29.6 Å². The van der Waals surface area contributed by atoms with Gasteiger partial charge in [0.05, 0.1) is 18.3 Å². The number of nitrogens with zero attached hydrogens (tertiary/aromatic N) is 6. The van der Waals surface area contributed by atoms with Crippen LogP contribution in [0.5, 0.6) is 0 Å². The largest absolute Gasteiger partial charge is 0.448 e. The van der Waals surface area contributed by atoms with Crippen LogP contribution in [0, 0.1) is 0 Å². The molecule has 31 heavy (non-hydrogen) atoms. The average molecular weight is 420 g/mol. The first kappa shape index (κ1) is 16.3. The van der Waals surface area contributed by atoms with Crippen molar-refractivity contribution in [2.24, 2.45) is 6.98 Å². The van der Waals surface area contributed by atoms with Gasteiger partial charge >= 0.3 is 0 Å². The van der Waals surface area contributed by atoms with E-state index in [2.05, 4.69) is 32.0 Å². The summed E-state index contributed by atoms with van der Waals surface area (Å²) in [7, 11) is 2.10. The Bertz CT molecular complexity index is 1340. The van der Waals surface area contributed by atoms with Gasteiger partial charge in [-0.3, -0.25) is 19.4 Å². The smallest absolute Gasteiger partial charge is 0.197 e. The van der Waals surface area contributed by atoms with Crippen LogP contribution in [0.2, 0.25) is 0 Å². The fourth-order valence-corrected chi connectivity index (χ4v) is 3.91. The molecule has 4 aromatic rings. The van der Waals surface area contributed by atoms with Gasteiger partial charge in [0.15, 0.2) is 11.7 Å². The Morgan fingerprint density at radius 3 is 2.84 bits per heavy atom. The number of likely N-dealkylation sites (tertiary alicyclic amines) is 1. The van der Waals surface area contributed by atoms with Crippen molar-refractivity contribution in [2.75, 3.05) is 20.1 Å². The molecule has 158 valence electrons. The second-order valence-electron chi connectivity index (χ2n) is 8.01. The van der Waals surface area contributed by atoms with E-state index in [1.54, 1.807) is 12.4 Å². The predicted molar refractivity (Wildman–Crippen MR) is 116 cm³/mol. The van der Waals surface area contributed by atoms with Gasteiger partial charge in [0, 0.05) is 52.2 Å². The topological polar surface area (TPSA) is 89.9 Å². The molecule has 0 N–H and O–H groups in total. The average Bonchev–Trinajstić information content (AvgIpc) is 3.49. The normalized spacial score (nSPS) is 17.4. The summed E-state index contributed by atoms with van der Waals surface area (Å²) < 4.78 is 29.0. The van der Waals surface area contributed by atoms with E-state index in [0.29, 0.717) is 28.5 Å². The Balaban J connectivity index is 1.33. The maximum Gasteiger partial charge on any atom is 0.197 e. The minimum Gasteiger partial charge on any atom is -0.448 e. The lowest BCUT2D eigenvalue weighted by atomic mass is 9.97. The zero-order valence-corrected chi connectivity index (χ0v) is 17.2. The lowest BCUT2D eigenvalue weighted by molar-refractivity contribution is 0.0987. The van der Waals surface area contributed by atoms with Crippen LogP contribution >= 0.6 is 0 Å². The first-order chi connectivity index (χ1) is 16.3. The molecule has 0 saturated carbocycles. The van der Waals surface area contributed by atoms with E-state index in [-0.39, 0.29) is 18.1 Å². The standard InChI is InChI=1S/C23H24N6O2/c1-28-5-3-15(4-6-28)23-27-21(14-31-23)22(30)9-19-7-16-8-20(18-12-26-29(2)13-18)25-11-17(16)10-24-19/h7-8,10-15H,3-6,9H2,1-2H3/i2D3. The van der Waals surface area contributed by atoms with Crippen LogP contribution in [-0.2, 0) is 13.4 Å². The van der Waals surface area contributed by atoms with Crippen molar-refractivity contribution in [3.63, 3.8) is 0 Å². The van der Waals surface area contributed by atoms with Gasteiger partial charge < -0.3 is 9.32 Å². The summed E-state index contributed by atoms with van der Waals surface area (Å²) >= 11 is 0. The van der Waals surface area contributed by atoms with Crippen LogP contribution in [0.4, 0.5) is 0 Å². The Morgan fingerprint density at radius 1 is 1.19 bits per heavy atom. The van der Waals surface area contributed by atoms with E-state index in [4.69, 9.17) is 8.53 Å². The highest BCUT2D eigenvalue weighted by atomic mass is 16.3. The Morgan fingerprint density at radius 2 is 2.03 bits per heavy atom. The van der Waals surface area contributed by atoms with Crippen LogP contribution in [0.25, 0.3) is 22.0 Å². The van der Waals surface area contributed by atoms with E-state index in [9.17, 15) is 4.79 Å². The number of aromatic nitrogens is 5.